The summed E-state index contributed by atoms with van der Waals surface area (Å²) in [5.74, 6) is -0.542. The van der Waals surface area contributed by atoms with E-state index in [1.165, 1.54) is 49.5 Å². The van der Waals surface area contributed by atoms with Crippen LogP contribution in [0.1, 0.15) is 21.5 Å². The van der Waals surface area contributed by atoms with Gasteiger partial charge >= 0.3 is 0 Å². The molecule has 0 spiro atoms. The van der Waals surface area contributed by atoms with Gasteiger partial charge in [-0.05, 0) is 79.6 Å². The van der Waals surface area contributed by atoms with Gasteiger partial charge in [0.15, 0.2) is 0 Å². The van der Waals surface area contributed by atoms with E-state index in [0.717, 1.165) is 15.4 Å². The molecule has 8 nitrogen and oxygen atoms in total. The normalized spacial score (nSPS) is 11.6. The Morgan fingerprint density at radius 1 is 0.737 bits per heavy atom. The smallest absolute Gasteiger partial charge is 0.264 e. The highest BCUT2D eigenvalue weighted by molar-refractivity contribution is 7.93. The van der Waals surface area contributed by atoms with Crippen molar-refractivity contribution >= 4 is 43.0 Å². The highest BCUT2D eigenvalue weighted by Gasteiger charge is 2.25. The number of nitrogens with zero attached hydrogens (tertiary/aromatic N) is 1. The molecular weight excluding hydrogens is 522 g/mol. The average molecular weight is 550 g/mol. The van der Waals surface area contributed by atoms with Gasteiger partial charge in [0, 0.05) is 12.7 Å². The van der Waals surface area contributed by atoms with E-state index in [1.54, 1.807) is 42.5 Å². The highest BCUT2D eigenvalue weighted by atomic mass is 32.2. The lowest BCUT2D eigenvalue weighted by Crippen LogP contribution is -2.29. The highest BCUT2D eigenvalue weighted by Crippen LogP contribution is 2.27. The number of carbonyl (C=O) groups is 1. The summed E-state index contributed by atoms with van der Waals surface area (Å²) in [6.45, 7) is 3.69. The van der Waals surface area contributed by atoms with Crippen molar-refractivity contribution in [1.82, 2.24) is 0 Å². The van der Waals surface area contributed by atoms with Crippen LogP contribution in [0, 0.1) is 13.8 Å². The van der Waals surface area contributed by atoms with E-state index in [1.807, 2.05) is 26.0 Å². The molecule has 2 N–H and O–H groups in total. The van der Waals surface area contributed by atoms with E-state index in [0.29, 0.717) is 11.4 Å². The zero-order chi connectivity index (χ0) is 27.5. The number of para-hydroxylation sites is 1. The second-order valence-corrected chi connectivity index (χ2v) is 12.4. The predicted molar refractivity (Wildman–Crippen MR) is 150 cm³/mol. The topological polar surface area (TPSA) is 113 Å². The molecule has 0 saturated carbocycles. The molecule has 0 bridgehead atoms. The molecule has 0 aliphatic carbocycles. The molecule has 4 aromatic rings. The third kappa shape index (κ3) is 5.71. The van der Waals surface area contributed by atoms with Crippen LogP contribution in [-0.2, 0) is 20.0 Å². The summed E-state index contributed by atoms with van der Waals surface area (Å²) in [4.78, 5) is 13.3. The van der Waals surface area contributed by atoms with Gasteiger partial charge in [-0.2, -0.15) is 0 Å². The van der Waals surface area contributed by atoms with Crippen LogP contribution in [0.2, 0.25) is 0 Å². The Labute approximate surface area is 223 Å². The second-order valence-electron chi connectivity index (χ2n) is 8.71. The molecule has 0 heterocycles. The monoisotopic (exact) mass is 549 g/mol. The van der Waals surface area contributed by atoms with Crippen molar-refractivity contribution in [3.63, 3.8) is 0 Å². The lowest BCUT2D eigenvalue weighted by atomic mass is 10.1. The van der Waals surface area contributed by atoms with Gasteiger partial charge in [-0.1, -0.05) is 42.5 Å². The van der Waals surface area contributed by atoms with Crippen LogP contribution in [0.5, 0.6) is 0 Å². The summed E-state index contributed by atoms with van der Waals surface area (Å²) in [7, 11) is -6.36. The van der Waals surface area contributed by atoms with Crippen molar-refractivity contribution in [1.29, 1.82) is 0 Å². The molecule has 0 unspecified atom stereocenters. The molecule has 0 radical (unpaired) electrons. The van der Waals surface area contributed by atoms with Gasteiger partial charge in [0.25, 0.3) is 26.0 Å². The summed E-state index contributed by atoms with van der Waals surface area (Å²) < 4.78 is 55.6. The fourth-order valence-corrected chi connectivity index (χ4v) is 6.14. The lowest BCUT2D eigenvalue weighted by molar-refractivity contribution is 0.102. The van der Waals surface area contributed by atoms with Gasteiger partial charge in [-0.25, -0.2) is 16.8 Å². The van der Waals surface area contributed by atoms with Crippen molar-refractivity contribution in [3.05, 3.63) is 114 Å². The largest absolute Gasteiger partial charge is 0.322 e. The first-order valence-electron chi connectivity index (χ1n) is 11.6. The summed E-state index contributed by atoms with van der Waals surface area (Å²) >= 11 is 0. The van der Waals surface area contributed by atoms with Crippen molar-refractivity contribution in [2.24, 2.45) is 0 Å². The number of aryl methyl sites for hydroxylation is 2. The van der Waals surface area contributed by atoms with E-state index in [9.17, 15) is 21.6 Å². The van der Waals surface area contributed by atoms with E-state index in [2.05, 4.69) is 10.0 Å². The first-order valence-corrected chi connectivity index (χ1v) is 14.6. The molecule has 0 fully saturated rings. The van der Waals surface area contributed by atoms with Crippen LogP contribution in [-0.4, -0.2) is 29.8 Å². The number of anilines is 3. The SMILES string of the molecule is Cc1ccc(C)c(NS(=O)(=O)c2ccc(NC(=O)c3ccccc3N(C)S(=O)(=O)c3ccccc3)cc2)c1. The summed E-state index contributed by atoms with van der Waals surface area (Å²) in [5.41, 5.74) is 2.90. The predicted octanol–water partition coefficient (Wildman–Crippen LogP) is 5.18. The minimum Gasteiger partial charge on any atom is -0.322 e. The van der Waals surface area contributed by atoms with Gasteiger partial charge in [-0.15, -0.1) is 0 Å². The van der Waals surface area contributed by atoms with Gasteiger partial charge in [-0.3, -0.25) is 13.8 Å². The molecule has 0 atom stereocenters. The Morgan fingerprint density at radius 3 is 2.05 bits per heavy atom. The van der Waals surface area contributed by atoms with Crippen LogP contribution in [0.25, 0.3) is 0 Å². The molecular formula is C28H27N3O5S2. The van der Waals surface area contributed by atoms with E-state index in [-0.39, 0.29) is 21.0 Å². The molecule has 0 aliphatic heterocycles. The summed E-state index contributed by atoms with van der Waals surface area (Å²) in [6.07, 6.45) is 0. The van der Waals surface area contributed by atoms with Crippen molar-refractivity contribution in [2.75, 3.05) is 21.4 Å². The fourth-order valence-electron chi connectivity index (χ4n) is 3.79. The van der Waals surface area contributed by atoms with E-state index in [4.69, 9.17) is 0 Å². The minimum absolute atomic E-state index is 0.0329. The molecule has 0 aliphatic rings. The third-order valence-electron chi connectivity index (χ3n) is 5.95. The van der Waals surface area contributed by atoms with Crippen molar-refractivity contribution in [3.8, 4) is 0 Å². The molecule has 1 amide bonds. The lowest BCUT2D eigenvalue weighted by Gasteiger charge is -2.22. The van der Waals surface area contributed by atoms with E-state index < -0.39 is 26.0 Å². The maximum atomic E-state index is 13.1. The molecule has 4 rings (SSSR count). The number of hydrogen-bond donors (Lipinski definition) is 2. The Bertz CT molecular complexity index is 1690. The van der Waals surface area contributed by atoms with Crippen LogP contribution in [0.15, 0.2) is 107 Å². The van der Waals surface area contributed by atoms with Crippen molar-refractivity contribution < 1.29 is 21.6 Å². The number of amides is 1. The van der Waals surface area contributed by atoms with Crippen molar-refractivity contribution in [2.45, 2.75) is 23.6 Å². The first-order chi connectivity index (χ1) is 18.0. The van der Waals surface area contributed by atoms with Crippen LogP contribution in [0.3, 0.4) is 0 Å². The maximum Gasteiger partial charge on any atom is 0.264 e. The first kappa shape index (κ1) is 26.9. The van der Waals surface area contributed by atoms with Crippen LogP contribution < -0.4 is 14.3 Å². The molecule has 10 heteroatoms. The maximum absolute atomic E-state index is 13.1. The quantitative estimate of drug-likeness (QED) is 0.314. The molecule has 38 heavy (non-hydrogen) atoms. The average Bonchev–Trinajstić information content (AvgIpc) is 2.91. The molecule has 4 aromatic carbocycles. The zero-order valence-electron chi connectivity index (χ0n) is 21.0. The van der Waals surface area contributed by atoms with E-state index >= 15 is 0 Å². The van der Waals surface area contributed by atoms with Crippen LogP contribution >= 0.6 is 0 Å². The molecule has 196 valence electrons. The Morgan fingerprint density at radius 2 is 1.37 bits per heavy atom. The van der Waals surface area contributed by atoms with Gasteiger partial charge in [0.1, 0.15) is 0 Å². The number of sulfonamides is 2. The summed E-state index contributed by atoms with van der Waals surface area (Å²) in [6, 6.07) is 25.5. The Kier molecular flexibility index (Phi) is 7.56. The number of hydrogen-bond acceptors (Lipinski definition) is 5. The Balaban J connectivity index is 1.54. The molecule has 0 aromatic heterocycles. The fraction of sp³-hybridized carbons (Fsp3) is 0.107. The zero-order valence-corrected chi connectivity index (χ0v) is 22.7. The Hall–Kier alpha value is -4.15. The second kappa shape index (κ2) is 10.7. The summed E-state index contributed by atoms with van der Waals surface area (Å²) in [5, 5.41) is 2.71. The minimum atomic E-state index is -3.89. The third-order valence-corrected chi connectivity index (χ3v) is 9.12. The number of benzene rings is 4. The van der Waals surface area contributed by atoms with Gasteiger partial charge < -0.3 is 5.32 Å². The number of carbonyl (C=O) groups excluding carboxylic acids is 1. The van der Waals surface area contributed by atoms with Crippen LogP contribution in [0.4, 0.5) is 17.1 Å². The number of nitrogens with one attached hydrogen (secondary N) is 2. The number of rotatable bonds is 8. The standard InChI is InChI=1S/C28H27N3O5S2/c1-20-13-14-21(2)26(19-20)30-37(33,34)23-17-15-22(16-18-23)29-28(32)25-11-7-8-12-27(25)31(3)38(35,36)24-9-5-4-6-10-24/h4-19,30H,1-3H3,(H,29,32). The van der Waals surface area contributed by atoms with Gasteiger partial charge in [0.05, 0.1) is 26.7 Å². The van der Waals surface area contributed by atoms with Gasteiger partial charge in [0.2, 0.25) is 0 Å². The molecule has 0 saturated heterocycles.